The third-order valence-corrected chi connectivity index (χ3v) is 5.59. The summed E-state index contributed by atoms with van der Waals surface area (Å²) in [4.78, 5) is 16.6. The Labute approximate surface area is 168 Å². The van der Waals surface area contributed by atoms with Crippen molar-refractivity contribution in [2.45, 2.75) is 31.9 Å². The number of aromatic nitrogens is 1. The maximum absolute atomic E-state index is 12.9. The average molecular weight is 425 g/mol. The zero-order valence-electron chi connectivity index (χ0n) is 15.5. The van der Waals surface area contributed by atoms with E-state index >= 15 is 0 Å². The second kappa shape index (κ2) is 9.04. The molecule has 0 fully saturated rings. The van der Waals surface area contributed by atoms with Crippen LogP contribution in [-0.4, -0.2) is 38.1 Å². The largest absolute Gasteiger partial charge is 0.772 e. The molecule has 1 unspecified atom stereocenters. The summed E-state index contributed by atoms with van der Waals surface area (Å²) in [6, 6.07) is 7.10. The maximum Gasteiger partial charge on any atom is 0.392 e. The Balaban J connectivity index is 1.76. The molecule has 0 spiro atoms. The third-order valence-electron chi connectivity index (χ3n) is 4.97. The molecule has 156 valence electrons. The summed E-state index contributed by atoms with van der Waals surface area (Å²) in [6.45, 7) is 0.234. The number of para-hydroxylation sites is 1. The number of hydrogen-bond acceptors (Lipinski definition) is 4. The van der Waals surface area contributed by atoms with Crippen LogP contribution in [0, 0.1) is 5.92 Å². The van der Waals surface area contributed by atoms with Crippen LogP contribution in [0.15, 0.2) is 36.5 Å². The van der Waals surface area contributed by atoms with Crippen LogP contribution < -0.4 is 5.32 Å². The molecular weight excluding hydrogens is 405 g/mol. The lowest BCUT2D eigenvalue weighted by molar-refractivity contribution is -0.175. The summed E-state index contributed by atoms with van der Waals surface area (Å²) in [5, 5.41) is 3.36. The number of hydrogen-bond donors (Lipinski definition) is 1. The second-order valence-corrected chi connectivity index (χ2v) is 7.98. The molecule has 3 rings (SSSR count). The summed E-state index contributed by atoms with van der Waals surface area (Å²) < 4.78 is 59.7. The Morgan fingerprint density at radius 3 is 2.79 bits per heavy atom. The van der Waals surface area contributed by atoms with Gasteiger partial charge in [-0.3, -0.25) is 14.0 Å². The van der Waals surface area contributed by atoms with E-state index in [9.17, 15) is 26.7 Å². The van der Waals surface area contributed by atoms with Crippen molar-refractivity contribution >= 4 is 33.5 Å². The van der Waals surface area contributed by atoms with Crippen molar-refractivity contribution in [2.24, 2.45) is 5.92 Å². The van der Waals surface area contributed by atoms with E-state index in [0.717, 1.165) is 16.5 Å². The van der Waals surface area contributed by atoms with Crippen LogP contribution in [0.3, 0.4) is 0 Å². The average Bonchev–Trinajstić information content (AvgIpc) is 2.69. The first kappa shape index (κ1) is 21.4. The van der Waals surface area contributed by atoms with E-state index in [1.165, 1.54) is 6.20 Å². The molecule has 0 aliphatic heterocycles. The highest BCUT2D eigenvalue weighted by Gasteiger charge is 2.39. The summed E-state index contributed by atoms with van der Waals surface area (Å²) >= 11 is -2.14. The number of nitrogens with zero attached hydrogens (tertiary/aromatic N) is 1. The van der Waals surface area contributed by atoms with Gasteiger partial charge in [-0.2, -0.15) is 13.2 Å². The predicted molar refractivity (Wildman–Crippen MR) is 104 cm³/mol. The first-order valence-electron chi connectivity index (χ1n) is 9.24. The fourth-order valence-electron chi connectivity index (χ4n) is 3.41. The number of alkyl halides is 3. The molecule has 0 bridgehead atoms. The van der Waals surface area contributed by atoms with Crippen LogP contribution in [-0.2, 0) is 11.1 Å². The normalized spacial score (nSPS) is 18.3. The van der Waals surface area contributed by atoms with Crippen molar-refractivity contribution in [3.8, 4) is 0 Å². The van der Waals surface area contributed by atoms with E-state index in [2.05, 4.69) is 10.3 Å². The van der Waals surface area contributed by atoms with Crippen LogP contribution in [0.25, 0.3) is 16.5 Å². The Morgan fingerprint density at radius 2 is 2.14 bits per heavy atom. The Morgan fingerprint density at radius 1 is 1.34 bits per heavy atom. The van der Waals surface area contributed by atoms with Gasteiger partial charge < -0.3 is 9.87 Å². The monoisotopic (exact) mass is 425 g/mol. The van der Waals surface area contributed by atoms with Gasteiger partial charge in [0.25, 0.3) is 5.91 Å². The lowest BCUT2D eigenvalue weighted by Crippen LogP contribution is -2.25. The van der Waals surface area contributed by atoms with Crippen molar-refractivity contribution in [3.63, 3.8) is 0 Å². The van der Waals surface area contributed by atoms with Gasteiger partial charge in [0.05, 0.1) is 17.0 Å². The highest BCUT2D eigenvalue weighted by Crippen LogP contribution is 2.40. The van der Waals surface area contributed by atoms with E-state index < -0.39 is 23.2 Å². The number of amides is 1. The van der Waals surface area contributed by atoms with Gasteiger partial charge in [0.1, 0.15) is 0 Å². The zero-order chi connectivity index (χ0) is 21.0. The molecule has 0 saturated heterocycles. The number of allylic oxidation sites excluding steroid dienone is 2. The molecule has 1 aromatic heterocycles. The second-order valence-electron chi connectivity index (χ2n) is 6.96. The summed E-state index contributed by atoms with van der Waals surface area (Å²) in [6.07, 6.45) is -0.448. The molecule has 0 saturated carbocycles. The number of pyridine rings is 1. The van der Waals surface area contributed by atoms with Gasteiger partial charge in [0.15, 0.2) is 0 Å². The van der Waals surface area contributed by atoms with E-state index in [1.807, 2.05) is 6.07 Å². The van der Waals surface area contributed by atoms with Crippen LogP contribution in [0.4, 0.5) is 13.2 Å². The number of carbonyl (C=O) groups is 1. The molecular formula is C20H20F3N2O3S-. The van der Waals surface area contributed by atoms with Crippen LogP contribution in [0.5, 0.6) is 0 Å². The van der Waals surface area contributed by atoms with E-state index in [1.54, 1.807) is 24.3 Å². The number of rotatable bonds is 6. The number of carbonyl (C=O) groups excluding carboxylic acids is 1. The third kappa shape index (κ3) is 5.42. The number of nitrogens with one attached hydrogen (secondary N) is 1. The summed E-state index contributed by atoms with van der Waals surface area (Å²) in [5.41, 5.74) is 2.61. The van der Waals surface area contributed by atoms with Gasteiger partial charge in [-0.05, 0) is 37.3 Å². The van der Waals surface area contributed by atoms with Crippen LogP contribution in [0.2, 0.25) is 0 Å². The highest BCUT2D eigenvalue weighted by molar-refractivity contribution is 7.79. The SMILES string of the molecule is O=C(NCCCS(=O)[O-])c1cnc2c(C3=CC[C@@H](C(F)(F)F)CC3)cccc2c1. The first-order chi connectivity index (χ1) is 13.8. The maximum atomic E-state index is 12.9. The van der Waals surface area contributed by atoms with Crippen molar-refractivity contribution in [1.29, 1.82) is 0 Å². The quantitative estimate of drug-likeness (QED) is 0.561. The standard InChI is InChI=1S/C20H21F3N2O3S/c21-20(22,23)16-7-5-13(6-8-16)17-4-1-3-14-11-15(12-25-18(14)17)19(26)24-9-2-10-29(27)28/h1,3-5,11-12,16H,2,6-10H2,(H,24,26)(H,27,28)/p-1/t16-/m1/s1. The highest BCUT2D eigenvalue weighted by atomic mass is 32.2. The van der Waals surface area contributed by atoms with Crippen molar-refractivity contribution < 1.29 is 26.7 Å². The van der Waals surface area contributed by atoms with Crippen molar-refractivity contribution in [2.75, 3.05) is 12.3 Å². The lowest BCUT2D eigenvalue weighted by Gasteiger charge is -2.24. The molecule has 1 heterocycles. The molecule has 2 atom stereocenters. The Kier molecular flexibility index (Phi) is 6.69. The predicted octanol–water partition coefficient (Wildman–Crippen LogP) is 3.98. The van der Waals surface area contributed by atoms with E-state index in [-0.39, 0.29) is 31.0 Å². The van der Waals surface area contributed by atoms with E-state index in [4.69, 9.17) is 0 Å². The minimum Gasteiger partial charge on any atom is -0.772 e. The first-order valence-corrected chi connectivity index (χ1v) is 10.5. The molecule has 29 heavy (non-hydrogen) atoms. The van der Waals surface area contributed by atoms with E-state index in [0.29, 0.717) is 23.9 Å². The fraction of sp³-hybridized carbons (Fsp3) is 0.400. The molecule has 1 aromatic carbocycles. The van der Waals surface area contributed by atoms with Gasteiger partial charge in [-0.25, -0.2) is 0 Å². The van der Waals surface area contributed by atoms with Gasteiger partial charge in [0.2, 0.25) is 0 Å². The topological polar surface area (TPSA) is 82.1 Å². The molecule has 1 N–H and O–H groups in total. The Hall–Kier alpha value is -2.26. The number of fused-ring (bicyclic) bond motifs is 1. The lowest BCUT2D eigenvalue weighted by atomic mass is 9.85. The van der Waals surface area contributed by atoms with Gasteiger partial charge in [-0.1, -0.05) is 35.4 Å². The van der Waals surface area contributed by atoms with Crippen molar-refractivity contribution in [1.82, 2.24) is 10.3 Å². The molecule has 1 aliphatic carbocycles. The van der Waals surface area contributed by atoms with Gasteiger partial charge >= 0.3 is 6.18 Å². The molecule has 1 amide bonds. The van der Waals surface area contributed by atoms with Gasteiger partial charge in [-0.15, -0.1) is 0 Å². The molecule has 5 nitrogen and oxygen atoms in total. The molecule has 1 aliphatic rings. The number of halogens is 3. The fourth-order valence-corrected chi connectivity index (χ4v) is 3.79. The minimum absolute atomic E-state index is 0.0239. The van der Waals surface area contributed by atoms with Crippen molar-refractivity contribution in [3.05, 3.63) is 47.7 Å². The molecule has 2 aromatic rings. The molecule has 0 radical (unpaired) electrons. The zero-order valence-corrected chi connectivity index (χ0v) is 16.3. The minimum atomic E-state index is -4.18. The van der Waals surface area contributed by atoms with Crippen LogP contribution in [0.1, 0.15) is 41.6 Å². The van der Waals surface area contributed by atoms with Crippen LogP contribution >= 0.6 is 0 Å². The Bertz CT molecular complexity index is 960. The molecule has 9 heteroatoms. The smallest absolute Gasteiger partial charge is 0.392 e. The number of benzene rings is 1. The summed E-state index contributed by atoms with van der Waals surface area (Å²) in [7, 11) is 0. The van der Waals surface area contributed by atoms with Gasteiger partial charge in [0, 0.05) is 29.4 Å². The summed E-state index contributed by atoms with van der Waals surface area (Å²) in [5.74, 6) is -1.68.